The number of hydrogen-bond donors (Lipinski definition) is 2. The second-order valence-corrected chi connectivity index (χ2v) is 11.0. The van der Waals surface area contributed by atoms with Gasteiger partial charge in [-0.1, -0.05) is 31.5 Å². The van der Waals surface area contributed by atoms with Crippen LogP contribution < -0.4 is 5.32 Å². The van der Waals surface area contributed by atoms with Crippen LogP contribution in [0.4, 0.5) is 5.69 Å². The molecule has 0 bridgehead atoms. The maximum Gasteiger partial charge on any atom is 0.225 e. The number of amides is 1. The summed E-state index contributed by atoms with van der Waals surface area (Å²) in [6, 6.07) is 6.50. The Morgan fingerprint density at radius 3 is 2.52 bits per heavy atom. The van der Waals surface area contributed by atoms with Gasteiger partial charge in [-0.25, -0.2) is 0 Å². The molecular weight excluding hydrogens is 412 g/mol. The highest BCUT2D eigenvalue weighted by Crippen LogP contribution is 2.48. The van der Waals surface area contributed by atoms with E-state index in [1.54, 1.807) is 6.92 Å². The molecule has 2 saturated carbocycles. The van der Waals surface area contributed by atoms with Gasteiger partial charge >= 0.3 is 0 Å². The summed E-state index contributed by atoms with van der Waals surface area (Å²) in [5, 5.41) is 22.6. The van der Waals surface area contributed by atoms with Crippen LogP contribution >= 0.6 is 0 Å². The number of carbonyl (C=O) groups excluding carboxylic acids is 1. The normalized spacial score (nSPS) is 22.2. The predicted molar refractivity (Wildman–Crippen MR) is 131 cm³/mol. The van der Waals surface area contributed by atoms with Crippen molar-refractivity contribution in [2.24, 2.45) is 11.8 Å². The molecule has 2 aliphatic rings. The van der Waals surface area contributed by atoms with Crippen LogP contribution in [0.5, 0.6) is 0 Å². The second kappa shape index (κ2) is 9.96. The Balaban J connectivity index is 1.51. The van der Waals surface area contributed by atoms with E-state index in [1.807, 2.05) is 26.0 Å². The summed E-state index contributed by atoms with van der Waals surface area (Å²) >= 11 is 0. The molecule has 2 aliphatic carbocycles. The zero-order valence-electron chi connectivity index (χ0n) is 20.8. The Morgan fingerprint density at radius 1 is 1.18 bits per heavy atom. The van der Waals surface area contributed by atoms with E-state index in [0.717, 1.165) is 47.6 Å². The number of aliphatic hydroxyl groups excluding tert-OH is 1. The van der Waals surface area contributed by atoms with Crippen LogP contribution in [0.1, 0.15) is 106 Å². The summed E-state index contributed by atoms with van der Waals surface area (Å²) in [6.45, 7) is 10.4. The van der Waals surface area contributed by atoms with Gasteiger partial charge < -0.3 is 15.0 Å². The van der Waals surface area contributed by atoms with Gasteiger partial charge in [0.2, 0.25) is 5.91 Å². The van der Waals surface area contributed by atoms with E-state index >= 15 is 0 Å². The van der Waals surface area contributed by atoms with Crippen LogP contribution in [-0.2, 0) is 4.79 Å². The maximum atomic E-state index is 13.0. The molecule has 0 radical (unpaired) electrons. The topological polar surface area (TPSA) is 80.0 Å². The Hall–Kier alpha value is -2.21. The summed E-state index contributed by atoms with van der Waals surface area (Å²) in [7, 11) is 0. The zero-order chi connectivity index (χ0) is 23.7. The molecule has 6 heteroatoms. The molecule has 1 heterocycles. The highest BCUT2D eigenvalue weighted by atomic mass is 16.3. The van der Waals surface area contributed by atoms with E-state index in [2.05, 4.69) is 40.0 Å². The van der Waals surface area contributed by atoms with Gasteiger partial charge in [-0.05, 0) is 82.8 Å². The van der Waals surface area contributed by atoms with E-state index in [1.165, 1.54) is 24.8 Å². The van der Waals surface area contributed by atoms with Crippen LogP contribution in [0.15, 0.2) is 18.2 Å². The smallest absolute Gasteiger partial charge is 0.225 e. The number of aryl methyl sites for hydroxylation is 2. The molecule has 0 spiro atoms. The average molecular weight is 453 g/mol. The predicted octanol–water partition coefficient (Wildman–Crippen LogP) is 5.65. The molecule has 2 aromatic rings. The van der Waals surface area contributed by atoms with Gasteiger partial charge in [0.1, 0.15) is 11.6 Å². The lowest BCUT2D eigenvalue weighted by Crippen LogP contribution is -2.27. The third kappa shape index (κ3) is 5.84. The van der Waals surface area contributed by atoms with Crippen LogP contribution in [-0.4, -0.2) is 31.9 Å². The molecule has 0 aliphatic heterocycles. The Labute approximate surface area is 198 Å². The number of benzene rings is 1. The van der Waals surface area contributed by atoms with Crippen LogP contribution in [0.3, 0.4) is 0 Å². The number of nitrogens with one attached hydrogen (secondary N) is 1. The fraction of sp³-hybridized carbons (Fsp3) is 0.667. The number of hydrogen-bond acceptors (Lipinski definition) is 4. The first-order valence-electron chi connectivity index (χ1n) is 12.7. The molecular formula is C27H40N4O2. The quantitative estimate of drug-likeness (QED) is 0.488. The lowest BCUT2D eigenvalue weighted by molar-refractivity contribution is -0.116. The minimum atomic E-state index is -0.504. The van der Waals surface area contributed by atoms with E-state index in [4.69, 9.17) is 0 Å². The van der Waals surface area contributed by atoms with Gasteiger partial charge in [0.15, 0.2) is 0 Å². The van der Waals surface area contributed by atoms with Crippen molar-refractivity contribution in [1.29, 1.82) is 0 Å². The molecule has 0 saturated heterocycles. The molecule has 1 aromatic carbocycles. The molecule has 6 nitrogen and oxygen atoms in total. The summed E-state index contributed by atoms with van der Waals surface area (Å²) < 4.78 is 2.34. The Morgan fingerprint density at radius 2 is 1.91 bits per heavy atom. The average Bonchev–Trinajstić information content (AvgIpc) is 3.44. The van der Waals surface area contributed by atoms with Crippen molar-refractivity contribution in [1.82, 2.24) is 14.8 Å². The highest BCUT2D eigenvalue weighted by molar-refractivity contribution is 5.92. The van der Waals surface area contributed by atoms with Gasteiger partial charge in [0.05, 0.1) is 6.10 Å². The number of aliphatic hydroxyl groups is 1. The molecule has 2 N–H and O–H groups in total. The molecule has 1 amide bonds. The summed E-state index contributed by atoms with van der Waals surface area (Å²) in [5.74, 6) is 3.81. The number of anilines is 1. The molecule has 180 valence electrons. The van der Waals surface area contributed by atoms with Gasteiger partial charge in [-0.3, -0.25) is 4.79 Å². The minimum Gasteiger partial charge on any atom is -0.393 e. The second-order valence-electron chi connectivity index (χ2n) is 11.0. The highest BCUT2D eigenvalue weighted by Gasteiger charge is 2.39. The van der Waals surface area contributed by atoms with Crippen LogP contribution in [0, 0.1) is 25.7 Å². The van der Waals surface area contributed by atoms with E-state index in [-0.39, 0.29) is 11.8 Å². The summed E-state index contributed by atoms with van der Waals surface area (Å²) in [5.41, 5.74) is 3.07. The molecule has 0 unspecified atom stereocenters. The third-order valence-electron chi connectivity index (χ3n) is 7.14. The number of carbonyl (C=O) groups is 1. The Bertz CT molecular complexity index is 970. The van der Waals surface area contributed by atoms with Gasteiger partial charge in [0, 0.05) is 30.0 Å². The standard InChI is InChI=1S/C27H40N4O2/c1-16(2)10-20-13-22(14-20)27-30-29-26(31(27)23-7-8-23)21(12-19(5)32)15-25(33)28-24-9-6-17(3)11-18(24)4/h6,9,11,16,19-23,32H,7-8,10,12-15H2,1-5H3,(H,28,33)/t19-,20-,21+,22+/m1/s1. The van der Waals surface area contributed by atoms with Crippen molar-refractivity contribution in [2.75, 3.05) is 5.32 Å². The van der Waals surface area contributed by atoms with E-state index in [0.29, 0.717) is 24.8 Å². The fourth-order valence-electron chi connectivity index (χ4n) is 5.46. The lowest BCUT2D eigenvalue weighted by atomic mass is 9.71. The maximum absolute atomic E-state index is 13.0. The van der Waals surface area contributed by atoms with Crippen molar-refractivity contribution >= 4 is 11.6 Å². The number of rotatable bonds is 10. The Kier molecular flexibility index (Phi) is 7.22. The minimum absolute atomic E-state index is 0.0415. The molecule has 33 heavy (non-hydrogen) atoms. The third-order valence-corrected chi connectivity index (χ3v) is 7.14. The van der Waals surface area contributed by atoms with Crippen molar-refractivity contribution in [3.05, 3.63) is 41.0 Å². The van der Waals surface area contributed by atoms with Gasteiger partial charge in [-0.15, -0.1) is 10.2 Å². The first kappa shape index (κ1) is 23.9. The van der Waals surface area contributed by atoms with E-state index < -0.39 is 6.10 Å². The molecule has 2 fully saturated rings. The zero-order valence-corrected chi connectivity index (χ0v) is 20.8. The monoisotopic (exact) mass is 452 g/mol. The number of nitrogens with zero attached hydrogens (tertiary/aromatic N) is 3. The SMILES string of the molecule is Cc1ccc(NC(=O)C[C@H](C[C@@H](C)O)c2nnc([C@H]3C[C@@H](CC(C)C)C3)n2C2CC2)c(C)c1. The first-order chi connectivity index (χ1) is 15.7. The molecule has 4 rings (SSSR count). The van der Waals surface area contributed by atoms with Crippen molar-refractivity contribution in [3.8, 4) is 0 Å². The van der Waals surface area contributed by atoms with Crippen molar-refractivity contribution in [2.45, 2.75) is 104 Å². The fourth-order valence-corrected chi connectivity index (χ4v) is 5.46. The molecule has 2 atom stereocenters. The van der Waals surface area contributed by atoms with Gasteiger partial charge in [-0.2, -0.15) is 0 Å². The van der Waals surface area contributed by atoms with Gasteiger partial charge in [0.25, 0.3) is 0 Å². The summed E-state index contributed by atoms with van der Waals surface area (Å²) in [4.78, 5) is 13.0. The lowest BCUT2D eigenvalue weighted by Gasteiger charge is -2.36. The van der Waals surface area contributed by atoms with Crippen molar-refractivity contribution in [3.63, 3.8) is 0 Å². The molecule has 1 aromatic heterocycles. The van der Waals surface area contributed by atoms with E-state index in [9.17, 15) is 9.90 Å². The van der Waals surface area contributed by atoms with Crippen molar-refractivity contribution < 1.29 is 9.90 Å². The largest absolute Gasteiger partial charge is 0.393 e. The van der Waals surface area contributed by atoms with Crippen LogP contribution in [0.2, 0.25) is 0 Å². The first-order valence-corrected chi connectivity index (χ1v) is 12.7. The number of aromatic nitrogens is 3. The van der Waals surface area contributed by atoms with Crippen LogP contribution in [0.25, 0.3) is 0 Å². The summed E-state index contributed by atoms with van der Waals surface area (Å²) in [6.07, 6.45) is 6.26.